The summed E-state index contributed by atoms with van der Waals surface area (Å²) in [7, 11) is 0. The van der Waals surface area contributed by atoms with Gasteiger partial charge in [0.25, 0.3) is 0 Å². The number of nitrogens with zero attached hydrogens (tertiary/aromatic N) is 2. The molecule has 1 heterocycles. The van der Waals surface area contributed by atoms with Crippen LogP contribution in [0.4, 0.5) is 0 Å². The zero-order chi connectivity index (χ0) is 25.0. The summed E-state index contributed by atoms with van der Waals surface area (Å²) in [5.41, 5.74) is 7.31. The summed E-state index contributed by atoms with van der Waals surface area (Å²) >= 11 is 0. The van der Waals surface area contributed by atoms with Gasteiger partial charge in [0.05, 0.1) is 17.6 Å². The Morgan fingerprint density at radius 1 is 1.20 bits per heavy atom. The molecule has 1 unspecified atom stereocenters. The lowest BCUT2D eigenvalue weighted by Crippen LogP contribution is -2.26. The van der Waals surface area contributed by atoms with Crippen LogP contribution in [0.2, 0.25) is 0 Å². The Morgan fingerprint density at radius 2 is 1.97 bits per heavy atom. The van der Waals surface area contributed by atoms with Gasteiger partial charge in [-0.2, -0.15) is 0 Å². The van der Waals surface area contributed by atoms with Gasteiger partial charge in [-0.05, 0) is 85.4 Å². The van der Waals surface area contributed by atoms with E-state index in [9.17, 15) is 0 Å². The van der Waals surface area contributed by atoms with E-state index in [2.05, 4.69) is 79.4 Å². The van der Waals surface area contributed by atoms with E-state index in [-0.39, 0.29) is 0 Å². The minimum Gasteiger partial charge on any atom is -0.494 e. The van der Waals surface area contributed by atoms with Crippen LogP contribution in [-0.4, -0.2) is 22.8 Å². The molecule has 1 fully saturated rings. The topological polar surface area (TPSA) is 62.3 Å². The zero-order valence-electron chi connectivity index (χ0n) is 22.2. The number of hydrogen-bond acceptors (Lipinski definition) is 4. The minimum atomic E-state index is 0.317. The second kappa shape index (κ2) is 10.7. The van der Waals surface area contributed by atoms with Crippen LogP contribution >= 0.6 is 0 Å². The maximum atomic E-state index is 6.00. The summed E-state index contributed by atoms with van der Waals surface area (Å²) in [6.07, 6.45) is 6.35. The van der Waals surface area contributed by atoms with Crippen molar-refractivity contribution in [1.82, 2.24) is 15.3 Å². The van der Waals surface area contributed by atoms with E-state index >= 15 is 0 Å². The van der Waals surface area contributed by atoms with Gasteiger partial charge in [-0.15, -0.1) is 0 Å². The van der Waals surface area contributed by atoms with Crippen molar-refractivity contribution in [3.63, 3.8) is 0 Å². The normalized spacial score (nSPS) is 19.3. The van der Waals surface area contributed by atoms with Crippen LogP contribution in [0, 0.1) is 11.3 Å². The third-order valence-corrected chi connectivity index (χ3v) is 7.09. The second-order valence-electron chi connectivity index (χ2n) is 10.4. The molecule has 5 heteroatoms. The molecule has 1 aliphatic carbocycles. The summed E-state index contributed by atoms with van der Waals surface area (Å²) in [5.74, 6) is 3.50. The van der Waals surface area contributed by atoms with Crippen molar-refractivity contribution >= 4 is 17.2 Å². The fourth-order valence-electron chi connectivity index (χ4n) is 5.03. The highest BCUT2D eigenvalue weighted by Gasteiger charge is 2.30. The monoisotopic (exact) mass is 472 g/mol. The maximum absolute atomic E-state index is 6.00. The van der Waals surface area contributed by atoms with Gasteiger partial charge in [0.2, 0.25) is 0 Å². The molecule has 1 aliphatic rings. The molecule has 1 aromatic heterocycles. The zero-order valence-corrected chi connectivity index (χ0v) is 22.2. The third-order valence-electron chi connectivity index (χ3n) is 7.09. The van der Waals surface area contributed by atoms with Crippen LogP contribution in [-0.2, 0) is 13.0 Å². The lowest BCUT2D eigenvalue weighted by atomic mass is 9.71. The lowest BCUT2D eigenvalue weighted by Gasteiger charge is -2.36. The van der Waals surface area contributed by atoms with Crippen molar-refractivity contribution < 1.29 is 4.74 Å². The fraction of sp³-hybridized carbons (Fsp3) is 0.467. The summed E-state index contributed by atoms with van der Waals surface area (Å²) in [6, 6.07) is 12.9. The van der Waals surface area contributed by atoms with Gasteiger partial charge < -0.3 is 15.0 Å². The van der Waals surface area contributed by atoms with E-state index in [4.69, 9.17) is 9.73 Å². The van der Waals surface area contributed by atoms with Crippen LogP contribution in [0.1, 0.15) is 72.2 Å². The van der Waals surface area contributed by atoms with Gasteiger partial charge >= 0.3 is 0 Å². The van der Waals surface area contributed by atoms with Gasteiger partial charge in [0.15, 0.2) is 0 Å². The Labute approximate surface area is 210 Å². The highest BCUT2D eigenvalue weighted by atomic mass is 16.5. The van der Waals surface area contributed by atoms with Gasteiger partial charge in [-0.25, -0.2) is 9.98 Å². The van der Waals surface area contributed by atoms with E-state index in [1.54, 1.807) is 0 Å². The number of nitrogens with one attached hydrogen (secondary N) is 2. The predicted octanol–water partition coefficient (Wildman–Crippen LogP) is 7.43. The smallest absolute Gasteiger partial charge is 0.125 e. The quantitative estimate of drug-likeness (QED) is 0.335. The molecule has 0 radical (unpaired) electrons. The molecule has 0 bridgehead atoms. The van der Waals surface area contributed by atoms with E-state index < -0.39 is 0 Å². The number of aryl methyl sites for hydroxylation is 1. The van der Waals surface area contributed by atoms with Gasteiger partial charge in [-0.3, -0.25) is 0 Å². The molecule has 0 aliphatic heterocycles. The van der Waals surface area contributed by atoms with E-state index in [0.717, 1.165) is 46.8 Å². The first-order valence-electron chi connectivity index (χ1n) is 13.0. The van der Waals surface area contributed by atoms with Gasteiger partial charge in [0, 0.05) is 24.7 Å². The average molecular weight is 473 g/mol. The van der Waals surface area contributed by atoms with E-state index in [0.29, 0.717) is 24.5 Å². The molecule has 0 spiro atoms. The molecule has 0 amide bonds. The fourth-order valence-corrected chi connectivity index (χ4v) is 5.03. The summed E-state index contributed by atoms with van der Waals surface area (Å²) in [5, 5.41) is 3.68. The van der Waals surface area contributed by atoms with Gasteiger partial charge in [-0.1, -0.05) is 39.8 Å². The van der Waals surface area contributed by atoms with Crippen molar-refractivity contribution in [2.45, 2.75) is 73.8 Å². The number of imidazole rings is 1. The summed E-state index contributed by atoms with van der Waals surface area (Å²) in [4.78, 5) is 12.8. The van der Waals surface area contributed by atoms with Crippen molar-refractivity contribution in [3.8, 4) is 16.9 Å². The van der Waals surface area contributed by atoms with Crippen molar-refractivity contribution in [2.24, 2.45) is 16.3 Å². The first kappa shape index (κ1) is 25.0. The number of ether oxygens (including phenoxy) is 1. The summed E-state index contributed by atoms with van der Waals surface area (Å²) in [6.45, 7) is 14.5. The number of H-pyrrole nitrogens is 1. The third kappa shape index (κ3) is 5.77. The highest BCUT2D eigenvalue weighted by Crippen LogP contribution is 2.42. The molecular weight excluding hydrogens is 432 g/mol. The first-order valence-corrected chi connectivity index (χ1v) is 13.0. The molecular formula is C30H40N4O. The Hall–Kier alpha value is -3.08. The highest BCUT2D eigenvalue weighted by molar-refractivity contribution is 5.82. The number of rotatable bonds is 8. The van der Waals surface area contributed by atoms with E-state index in [1.807, 2.05) is 20.1 Å². The van der Waals surface area contributed by atoms with Crippen LogP contribution in [0.15, 0.2) is 52.8 Å². The first-order chi connectivity index (χ1) is 16.8. The van der Waals surface area contributed by atoms with Crippen LogP contribution in [0.25, 0.3) is 22.2 Å². The van der Waals surface area contributed by atoms with Crippen LogP contribution in [0.5, 0.6) is 5.75 Å². The summed E-state index contributed by atoms with van der Waals surface area (Å²) < 4.78 is 6.00. The molecule has 186 valence electrons. The molecule has 1 saturated carbocycles. The largest absolute Gasteiger partial charge is 0.494 e. The Morgan fingerprint density at radius 3 is 2.71 bits per heavy atom. The number of fused-ring (bicyclic) bond motifs is 1. The molecule has 1 atom stereocenters. The molecule has 2 aromatic carbocycles. The van der Waals surface area contributed by atoms with Crippen molar-refractivity contribution in [3.05, 3.63) is 59.2 Å². The molecule has 2 N–H and O–H groups in total. The van der Waals surface area contributed by atoms with Gasteiger partial charge in [0.1, 0.15) is 17.4 Å². The number of aliphatic imine (C=N–C) groups is 1. The Bertz CT molecular complexity index is 1230. The molecule has 4 rings (SSSR count). The molecule has 5 nitrogen and oxygen atoms in total. The second-order valence-corrected chi connectivity index (χ2v) is 10.4. The predicted molar refractivity (Wildman–Crippen MR) is 147 cm³/mol. The Kier molecular flexibility index (Phi) is 7.63. The lowest BCUT2D eigenvalue weighted by molar-refractivity contribution is 0.253. The number of aromatic amines is 1. The van der Waals surface area contributed by atoms with Crippen molar-refractivity contribution in [1.29, 1.82) is 0 Å². The average Bonchev–Trinajstić information content (AvgIpc) is 3.27. The molecule has 3 aromatic rings. The SMILES string of the molecule is C/C=N\C(NCc1cc(-c2ccc3nc(CC)[nH]c3c2)ccc1OCC)=C1\CC(C)(C)CCC1C. The number of hydrogen-bond donors (Lipinski definition) is 2. The molecule has 0 saturated heterocycles. The van der Waals surface area contributed by atoms with Crippen molar-refractivity contribution in [2.75, 3.05) is 6.61 Å². The number of allylic oxidation sites excluding steroid dienone is 1. The van der Waals surface area contributed by atoms with E-state index in [1.165, 1.54) is 29.5 Å². The maximum Gasteiger partial charge on any atom is 0.125 e. The molecule has 35 heavy (non-hydrogen) atoms. The standard InChI is InChI=1S/C30H40N4O/c1-7-28-33-25-12-10-22(17-26(25)34-28)21-11-13-27(35-9-3)23(16-21)19-32-29(31-8-2)24-18-30(5,6)15-14-20(24)4/h8,10-13,16-17,20,32H,7,9,14-15,18-19H2,1-6H3,(H,33,34)/b29-24+,31-8-. The minimum absolute atomic E-state index is 0.317. The number of benzene rings is 2. The van der Waals surface area contributed by atoms with Crippen LogP contribution in [0.3, 0.4) is 0 Å². The Balaban J connectivity index is 1.65. The van der Waals surface area contributed by atoms with Crippen LogP contribution < -0.4 is 10.1 Å². The number of aromatic nitrogens is 2.